The Kier molecular flexibility index (Phi) is 2.93. The highest BCUT2D eigenvalue weighted by Gasteiger charge is 2.44. The highest BCUT2D eigenvalue weighted by Crippen LogP contribution is 2.23. The second kappa shape index (κ2) is 3.13. The summed E-state index contributed by atoms with van der Waals surface area (Å²) in [6.45, 7) is 1.27. The van der Waals surface area contributed by atoms with E-state index in [0.717, 1.165) is 0 Å². The average molecular weight is 186 g/mol. The van der Waals surface area contributed by atoms with Crippen molar-refractivity contribution in [3.8, 4) is 11.8 Å². The molecule has 6 heteroatoms. The van der Waals surface area contributed by atoms with Crippen LogP contribution in [-0.4, -0.2) is 19.7 Å². The molecule has 0 N–H and O–H groups in total. The zero-order valence-corrected chi connectivity index (χ0v) is 6.38. The fourth-order valence-corrected chi connectivity index (χ4v) is 0.747. The van der Waals surface area contributed by atoms with E-state index in [1.165, 1.54) is 6.92 Å². The third kappa shape index (κ3) is 2.80. The van der Waals surface area contributed by atoms with Gasteiger partial charge in [-0.1, -0.05) is 5.92 Å². The predicted octanol–water partition coefficient (Wildman–Crippen LogP) is 0.944. The van der Waals surface area contributed by atoms with Gasteiger partial charge in [0.25, 0.3) is 9.84 Å². The van der Waals surface area contributed by atoms with Gasteiger partial charge in [0, 0.05) is 0 Å². The lowest BCUT2D eigenvalue weighted by Gasteiger charge is -2.02. The van der Waals surface area contributed by atoms with Gasteiger partial charge in [-0.15, -0.1) is 5.92 Å². The first-order valence-corrected chi connectivity index (χ1v) is 4.15. The second-order valence-corrected chi connectivity index (χ2v) is 3.61. The molecule has 0 aromatic carbocycles. The van der Waals surface area contributed by atoms with Crippen molar-refractivity contribution >= 4 is 9.84 Å². The molecule has 0 unspecified atom stereocenters. The third-order valence-electron chi connectivity index (χ3n) is 0.792. The van der Waals surface area contributed by atoms with Crippen LogP contribution in [0.15, 0.2) is 0 Å². The van der Waals surface area contributed by atoms with E-state index in [1.807, 2.05) is 5.92 Å². The van der Waals surface area contributed by atoms with Gasteiger partial charge in [0.15, 0.2) is 0 Å². The van der Waals surface area contributed by atoms with E-state index in [9.17, 15) is 21.6 Å². The summed E-state index contributed by atoms with van der Waals surface area (Å²) in [5.41, 5.74) is -5.18. The van der Waals surface area contributed by atoms with E-state index in [1.54, 1.807) is 0 Å². The van der Waals surface area contributed by atoms with E-state index in [0.29, 0.717) is 0 Å². The molecule has 11 heavy (non-hydrogen) atoms. The lowest BCUT2D eigenvalue weighted by molar-refractivity contribution is -0.0432. The number of hydrogen-bond acceptors (Lipinski definition) is 2. The van der Waals surface area contributed by atoms with Gasteiger partial charge in [0.05, 0.1) is 0 Å². The van der Waals surface area contributed by atoms with E-state index in [2.05, 4.69) is 5.92 Å². The van der Waals surface area contributed by atoms with Crippen LogP contribution in [0.3, 0.4) is 0 Å². The highest BCUT2D eigenvalue weighted by molar-refractivity contribution is 7.92. The molecule has 0 atom stereocenters. The Morgan fingerprint density at radius 3 is 2.09 bits per heavy atom. The summed E-state index contributed by atoms with van der Waals surface area (Å²) in [6, 6.07) is 0. The summed E-state index contributed by atoms with van der Waals surface area (Å²) in [7, 11) is -5.03. The molecule has 0 bridgehead atoms. The molecule has 0 aliphatic rings. The van der Waals surface area contributed by atoms with Crippen molar-refractivity contribution in [2.24, 2.45) is 0 Å². The van der Waals surface area contributed by atoms with Gasteiger partial charge in [-0.3, -0.25) is 0 Å². The summed E-state index contributed by atoms with van der Waals surface area (Å²) >= 11 is 0. The molecule has 0 rings (SSSR count). The molecule has 0 aliphatic heterocycles. The van der Waals surface area contributed by atoms with Gasteiger partial charge in [-0.05, 0) is 6.92 Å². The van der Waals surface area contributed by atoms with Crippen LogP contribution >= 0.6 is 0 Å². The lowest BCUT2D eigenvalue weighted by atomic mass is 10.7. The van der Waals surface area contributed by atoms with Gasteiger partial charge >= 0.3 is 5.51 Å². The Balaban J connectivity index is 4.60. The summed E-state index contributed by atoms with van der Waals surface area (Å²) in [5.74, 6) is 2.74. The standard InChI is InChI=1S/C5H5F3O2S/c1-2-3-4-11(9,10)5(6,7)8/h4H2,1H3. The molecule has 0 heterocycles. The van der Waals surface area contributed by atoms with Crippen molar-refractivity contribution in [1.82, 2.24) is 0 Å². The van der Waals surface area contributed by atoms with E-state index in [-0.39, 0.29) is 0 Å². The molecule has 2 nitrogen and oxygen atoms in total. The maximum absolute atomic E-state index is 11.5. The topological polar surface area (TPSA) is 34.1 Å². The van der Waals surface area contributed by atoms with Gasteiger partial charge < -0.3 is 0 Å². The molecule has 0 radical (unpaired) electrons. The minimum atomic E-state index is -5.18. The Hall–Kier alpha value is -0.700. The maximum atomic E-state index is 11.5. The van der Waals surface area contributed by atoms with Crippen molar-refractivity contribution in [3.63, 3.8) is 0 Å². The van der Waals surface area contributed by atoms with Gasteiger partial charge in [-0.2, -0.15) is 13.2 Å². The average Bonchev–Trinajstić information content (AvgIpc) is 1.81. The monoisotopic (exact) mass is 186 g/mol. The normalized spacial score (nSPS) is 12.0. The molecular weight excluding hydrogens is 181 g/mol. The van der Waals surface area contributed by atoms with E-state index >= 15 is 0 Å². The van der Waals surface area contributed by atoms with Crippen LogP contribution in [0.2, 0.25) is 0 Å². The zero-order chi connectivity index (χ0) is 9.12. The Labute approximate surface area is 62.3 Å². The third-order valence-corrected chi connectivity index (χ3v) is 2.02. The van der Waals surface area contributed by atoms with Crippen LogP contribution in [-0.2, 0) is 9.84 Å². The predicted molar refractivity (Wildman–Crippen MR) is 33.3 cm³/mol. The molecule has 0 saturated heterocycles. The molecule has 64 valence electrons. The Morgan fingerprint density at radius 1 is 1.36 bits per heavy atom. The molecule has 0 saturated carbocycles. The van der Waals surface area contributed by atoms with Crippen molar-refractivity contribution in [3.05, 3.63) is 0 Å². The minimum absolute atomic E-state index is 1.16. The first kappa shape index (κ1) is 10.3. The summed E-state index contributed by atoms with van der Waals surface area (Å²) in [6.07, 6.45) is 0. The van der Waals surface area contributed by atoms with Gasteiger partial charge in [-0.25, -0.2) is 8.42 Å². The Bertz CT molecular complexity index is 277. The molecule has 0 aliphatic carbocycles. The Morgan fingerprint density at radius 2 is 1.82 bits per heavy atom. The fraction of sp³-hybridized carbons (Fsp3) is 0.600. The van der Waals surface area contributed by atoms with Gasteiger partial charge in [0.1, 0.15) is 5.75 Å². The van der Waals surface area contributed by atoms with Crippen LogP contribution in [0.25, 0.3) is 0 Å². The first-order chi connectivity index (χ1) is 4.81. The lowest BCUT2D eigenvalue weighted by Crippen LogP contribution is -2.25. The summed E-state index contributed by atoms with van der Waals surface area (Å²) in [4.78, 5) is 0. The SMILES string of the molecule is CC#CCS(=O)(=O)C(F)(F)F. The number of hydrogen-bond donors (Lipinski definition) is 0. The van der Waals surface area contributed by atoms with Crippen LogP contribution in [0.4, 0.5) is 13.2 Å². The van der Waals surface area contributed by atoms with Crippen LogP contribution in [0.5, 0.6) is 0 Å². The highest BCUT2D eigenvalue weighted by atomic mass is 32.2. The largest absolute Gasteiger partial charge is 0.498 e. The fourth-order valence-electron chi connectivity index (χ4n) is 0.249. The second-order valence-electron chi connectivity index (χ2n) is 1.63. The first-order valence-electron chi connectivity index (χ1n) is 2.50. The van der Waals surface area contributed by atoms with Gasteiger partial charge in [0.2, 0.25) is 0 Å². The quantitative estimate of drug-likeness (QED) is 0.571. The molecule has 0 amide bonds. The number of rotatable bonds is 1. The smallest absolute Gasteiger partial charge is 0.219 e. The van der Waals surface area contributed by atoms with E-state index in [4.69, 9.17) is 0 Å². The van der Waals surface area contributed by atoms with Crippen LogP contribution in [0.1, 0.15) is 6.92 Å². The van der Waals surface area contributed by atoms with E-state index < -0.39 is 21.1 Å². The minimum Gasteiger partial charge on any atom is -0.219 e. The van der Waals surface area contributed by atoms with Crippen LogP contribution < -0.4 is 0 Å². The molecule has 0 spiro atoms. The van der Waals surface area contributed by atoms with Crippen molar-refractivity contribution in [1.29, 1.82) is 0 Å². The molecule has 0 aromatic rings. The zero-order valence-electron chi connectivity index (χ0n) is 5.57. The number of halogens is 3. The molecule has 0 fully saturated rings. The maximum Gasteiger partial charge on any atom is 0.498 e. The van der Waals surface area contributed by atoms with Crippen LogP contribution in [0, 0.1) is 11.8 Å². The number of alkyl halides is 3. The summed E-state index contributed by atoms with van der Waals surface area (Å²) in [5, 5.41) is 0. The van der Waals surface area contributed by atoms with Crippen molar-refractivity contribution in [2.45, 2.75) is 12.4 Å². The number of sulfone groups is 1. The molecule has 0 aromatic heterocycles. The van der Waals surface area contributed by atoms with Crippen molar-refractivity contribution in [2.75, 3.05) is 5.75 Å². The van der Waals surface area contributed by atoms with Crippen molar-refractivity contribution < 1.29 is 21.6 Å². The summed E-state index contributed by atoms with van der Waals surface area (Å²) < 4.78 is 54.9. The molecular formula is C5H5F3O2S.